The van der Waals surface area contributed by atoms with Crippen molar-refractivity contribution in [2.45, 2.75) is 52.1 Å². The normalized spacial score (nSPS) is 25.3. The van der Waals surface area contributed by atoms with Crippen LogP contribution in [0.1, 0.15) is 45.6 Å². The average molecular weight is 383 g/mol. The van der Waals surface area contributed by atoms with Crippen LogP contribution in [0, 0.1) is 22.7 Å². The third-order valence-corrected chi connectivity index (χ3v) is 7.02. The van der Waals surface area contributed by atoms with Crippen molar-refractivity contribution in [2.24, 2.45) is 11.3 Å². The molecule has 4 nitrogen and oxygen atoms in total. The molecule has 0 radical (unpaired) electrons. The van der Waals surface area contributed by atoms with Gasteiger partial charge < -0.3 is 4.90 Å². The SMILES string of the molecule is CC1C2CC(CC(C)(C)C2)N1c1cnc2ccc3c(C#N)cccc3c(=O)c2c1. The monoisotopic (exact) mass is 383 g/mol. The number of aromatic nitrogens is 1. The van der Waals surface area contributed by atoms with E-state index in [0.717, 1.165) is 5.69 Å². The first-order valence-corrected chi connectivity index (χ1v) is 10.4. The molecule has 146 valence electrons. The number of nitrogens with zero attached hydrogens (tertiary/aromatic N) is 3. The summed E-state index contributed by atoms with van der Waals surface area (Å²) < 4.78 is 0. The zero-order valence-corrected chi connectivity index (χ0v) is 17.1. The summed E-state index contributed by atoms with van der Waals surface area (Å²) in [4.78, 5) is 20.5. The Morgan fingerprint density at radius 2 is 1.97 bits per heavy atom. The van der Waals surface area contributed by atoms with Crippen molar-refractivity contribution in [3.05, 3.63) is 58.4 Å². The Morgan fingerprint density at radius 3 is 2.76 bits per heavy atom. The van der Waals surface area contributed by atoms with Crippen LogP contribution >= 0.6 is 0 Å². The minimum atomic E-state index is -0.0541. The molecule has 1 saturated carbocycles. The van der Waals surface area contributed by atoms with Gasteiger partial charge in [0, 0.05) is 22.9 Å². The molecule has 29 heavy (non-hydrogen) atoms. The molecule has 3 atom stereocenters. The summed E-state index contributed by atoms with van der Waals surface area (Å²) in [6.45, 7) is 7.05. The Hall–Kier alpha value is -2.93. The summed E-state index contributed by atoms with van der Waals surface area (Å²) >= 11 is 0. The van der Waals surface area contributed by atoms with Gasteiger partial charge in [-0.25, -0.2) is 0 Å². The topological polar surface area (TPSA) is 57.0 Å². The Morgan fingerprint density at radius 1 is 1.14 bits per heavy atom. The number of nitriles is 1. The average Bonchev–Trinajstić information content (AvgIpc) is 2.84. The van der Waals surface area contributed by atoms with Crippen molar-refractivity contribution in [1.29, 1.82) is 5.26 Å². The minimum Gasteiger partial charge on any atom is -0.364 e. The van der Waals surface area contributed by atoms with Crippen LogP contribution in [0.5, 0.6) is 0 Å². The largest absolute Gasteiger partial charge is 0.364 e. The molecule has 2 fully saturated rings. The molecule has 4 heteroatoms. The summed E-state index contributed by atoms with van der Waals surface area (Å²) in [5.41, 5.74) is 2.55. The number of hydrogen-bond acceptors (Lipinski definition) is 4. The first-order chi connectivity index (χ1) is 13.9. The van der Waals surface area contributed by atoms with Crippen LogP contribution in [-0.2, 0) is 0 Å². The zero-order valence-electron chi connectivity index (χ0n) is 17.1. The van der Waals surface area contributed by atoms with E-state index in [-0.39, 0.29) is 5.43 Å². The second-order valence-corrected chi connectivity index (χ2v) is 9.54. The van der Waals surface area contributed by atoms with E-state index in [0.29, 0.717) is 50.7 Å². The van der Waals surface area contributed by atoms with Gasteiger partial charge in [0.2, 0.25) is 0 Å². The first-order valence-electron chi connectivity index (χ1n) is 10.4. The summed E-state index contributed by atoms with van der Waals surface area (Å²) in [7, 11) is 0. The third-order valence-electron chi connectivity index (χ3n) is 7.02. The maximum atomic E-state index is 13.4. The van der Waals surface area contributed by atoms with Crippen LogP contribution in [-0.4, -0.2) is 17.1 Å². The lowest BCUT2D eigenvalue weighted by Gasteiger charge is -2.35. The number of anilines is 1. The van der Waals surface area contributed by atoms with Gasteiger partial charge in [0.15, 0.2) is 5.43 Å². The smallest absolute Gasteiger partial charge is 0.195 e. The van der Waals surface area contributed by atoms with Crippen LogP contribution in [0.25, 0.3) is 21.7 Å². The van der Waals surface area contributed by atoms with Crippen LogP contribution in [0.2, 0.25) is 0 Å². The Kier molecular flexibility index (Phi) is 3.93. The number of benzene rings is 1. The molecule has 1 aliphatic carbocycles. The molecule has 3 unspecified atom stereocenters. The van der Waals surface area contributed by atoms with Crippen molar-refractivity contribution in [3.63, 3.8) is 0 Å². The van der Waals surface area contributed by atoms with Gasteiger partial charge in [0.1, 0.15) is 0 Å². The fourth-order valence-corrected chi connectivity index (χ4v) is 5.80. The fourth-order valence-electron chi connectivity index (χ4n) is 5.80. The van der Waals surface area contributed by atoms with Crippen molar-refractivity contribution in [2.75, 3.05) is 4.90 Å². The highest BCUT2D eigenvalue weighted by atomic mass is 16.1. The molecule has 2 aliphatic rings. The lowest BCUT2D eigenvalue weighted by atomic mass is 9.71. The Labute approximate surface area is 170 Å². The van der Waals surface area contributed by atoms with Crippen molar-refractivity contribution >= 4 is 27.4 Å². The summed E-state index contributed by atoms with van der Waals surface area (Å²) in [5, 5.41) is 11.3. The van der Waals surface area contributed by atoms with Crippen molar-refractivity contribution in [3.8, 4) is 6.07 Å². The molecule has 2 bridgehead atoms. The van der Waals surface area contributed by atoms with Crippen LogP contribution in [0.15, 0.2) is 47.4 Å². The number of rotatable bonds is 1. The molecule has 1 aromatic heterocycles. The van der Waals surface area contributed by atoms with Crippen molar-refractivity contribution in [1.82, 2.24) is 4.98 Å². The quantitative estimate of drug-likeness (QED) is 0.592. The molecular formula is C25H25N3O. The van der Waals surface area contributed by atoms with Crippen LogP contribution in [0.3, 0.4) is 0 Å². The summed E-state index contributed by atoms with van der Waals surface area (Å²) in [6.07, 6.45) is 5.57. The molecule has 1 saturated heterocycles. The molecule has 0 N–H and O–H groups in total. The standard InChI is InChI=1S/C25H25N3O/c1-15-17-9-18(12-25(2,3)11-17)28(15)19-10-22-23(27-14-19)8-7-20-16(13-26)5-4-6-21(20)24(22)29/h4-8,10,14-15,17-18H,9,11-12H2,1-3H3. The van der Waals surface area contributed by atoms with E-state index >= 15 is 0 Å². The Balaban J connectivity index is 1.70. The highest BCUT2D eigenvalue weighted by molar-refractivity contribution is 5.95. The maximum Gasteiger partial charge on any atom is 0.195 e. The lowest BCUT2D eigenvalue weighted by molar-refractivity contribution is 0.197. The van der Waals surface area contributed by atoms with E-state index in [4.69, 9.17) is 0 Å². The predicted molar refractivity (Wildman–Crippen MR) is 117 cm³/mol. The summed E-state index contributed by atoms with van der Waals surface area (Å²) in [5.74, 6) is 0.692. The third kappa shape index (κ3) is 2.80. The molecule has 1 aliphatic heterocycles. The second-order valence-electron chi connectivity index (χ2n) is 9.54. The van der Waals surface area contributed by atoms with Crippen LogP contribution in [0.4, 0.5) is 5.69 Å². The van der Waals surface area contributed by atoms with Gasteiger partial charge in [-0.1, -0.05) is 32.0 Å². The molecule has 2 aromatic carbocycles. The molecule has 2 heterocycles. The highest BCUT2D eigenvalue weighted by Crippen LogP contribution is 2.49. The van der Waals surface area contributed by atoms with Gasteiger partial charge >= 0.3 is 0 Å². The van der Waals surface area contributed by atoms with Gasteiger partial charge in [-0.3, -0.25) is 9.78 Å². The Bertz CT molecular complexity index is 1240. The number of hydrogen-bond donors (Lipinski definition) is 0. The van der Waals surface area contributed by atoms with E-state index in [1.54, 1.807) is 18.2 Å². The molecule has 5 rings (SSSR count). The molecule has 0 spiro atoms. The minimum absolute atomic E-state index is 0.0541. The van der Waals surface area contributed by atoms with Gasteiger partial charge in [-0.2, -0.15) is 5.26 Å². The van der Waals surface area contributed by atoms with Gasteiger partial charge in [0.05, 0.1) is 34.4 Å². The lowest BCUT2D eigenvalue weighted by Crippen LogP contribution is -2.36. The number of pyridine rings is 1. The van der Waals surface area contributed by atoms with Gasteiger partial charge in [-0.15, -0.1) is 0 Å². The highest BCUT2D eigenvalue weighted by Gasteiger charge is 2.47. The van der Waals surface area contributed by atoms with E-state index in [9.17, 15) is 10.1 Å². The van der Waals surface area contributed by atoms with Gasteiger partial charge in [0.25, 0.3) is 0 Å². The van der Waals surface area contributed by atoms with E-state index in [1.165, 1.54) is 19.3 Å². The maximum absolute atomic E-state index is 13.4. The van der Waals surface area contributed by atoms with E-state index < -0.39 is 0 Å². The molecule has 3 aromatic rings. The second kappa shape index (κ2) is 6.29. The van der Waals surface area contributed by atoms with Crippen molar-refractivity contribution < 1.29 is 0 Å². The predicted octanol–water partition coefficient (Wildman–Crippen LogP) is 5.02. The first kappa shape index (κ1) is 18.1. The number of fused-ring (bicyclic) bond motifs is 4. The molecule has 0 amide bonds. The van der Waals surface area contributed by atoms with Crippen LogP contribution < -0.4 is 10.3 Å². The van der Waals surface area contributed by atoms with Gasteiger partial charge in [-0.05, 0) is 55.7 Å². The zero-order chi connectivity index (χ0) is 20.3. The molecular weight excluding hydrogens is 358 g/mol. The fraction of sp³-hybridized carbons (Fsp3) is 0.400. The van der Waals surface area contributed by atoms with E-state index in [1.807, 2.05) is 24.4 Å². The van der Waals surface area contributed by atoms with E-state index in [2.05, 4.69) is 36.7 Å². The summed E-state index contributed by atoms with van der Waals surface area (Å²) in [6, 6.07) is 14.2.